The Labute approximate surface area is 96.4 Å². The Kier molecular flexibility index (Phi) is 2.67. The van der Waals surface area contributed by atoms with E-state index in [1.54, 1.807) is 0 Å². The van der Waals surface area contributed by atoms with Gasteiger partial charge in [-0.25, -0.2) is 0 Å². The first-order chi connectivity index (χ1) is 7.83. The fourth-order valence-electron chi connectivity index (χ4n) is 2.25. The highest BCUT2D eigenvalue weighted by Crippen LogP contribution is 2.35. The molecule has 0 spiro atoms. The molecule has 3 rings (SSSR count). The molecule has 1 aromatic rings. The van der Waals surface area contributed by atoms with Crippen LogP contribution in [0.2, 0.25) is 0 Å². The second-order valence-corrected chi connectivity index (χ2v) is 5.35. The molecule has 2 fully saturated rings. The van der Waals surface area contributed by atoms with Crippen molar-refractivity contribution in [3.05, 3.63) is 12.2 Å². The fourth-order valence-corrected chi connectivity index (χ4v) is 2.25. The molecule has 0 saturated heterocycles. The first-order valence-electron chi connectivity index (χ1n) is 6.44. The molecule has 2 aliphatic carbocycles. The lowest BCUT2D eigenvalue weighted by Gasteiger charge is -2.13. The van der Waals surface area contributed by atoms with Crippen LogP contribution in [0.5, 0.6) is 0 Å². The number of nitrogens with zero attached hydrogens (tertiary/aromatic N) is 3. The second kappa shape index (κ2) is 4.17. The summed E-state index contributed by atoms with van der Waals surface area (Å²) in [6.45, 7) is 3.14. The third-order valence-electron chi connectivity index (χ3n) is 3.58. The molecule has 0 bridgehead atoms. The van der Waals surface area contributed by atoms with E-state index in [0.717, 1.165) is 18.3 Å². The van der Waals surface area contributed by atoms with Crippen LogP contribution in [0.25, 0.3) is 0 Å². The van der Waals surface area contributed by atoms with Crippen molar-refractivity contribution in [3.8, 4) is 0 Å². The Balaban J connectivity index is 1.50. The largest absolute Gasteiger partial charge is 0.313 e. The lowest BCUT2D eigenvalue weighted by molar-refractivity contribution is 0.471. The summed E-state index contributed by atoms with van der Waals surface area (Å²) in [5.41, 5.74) is 0. The van der Waals surface area contributed by atoms with Gasteiger partial charge in [0.15, 0.2) is 0 Å². The second-order valence-electron chi connectivity index (χ2n) is 5.35. The van der Waals surface area contributed by atoms with Crippen molar-refractivity contribution in [2.24, 2.45) is 5.92 Å². The molecule has 2 saturated carbocycles. The Bertz CT molecular complexity index is 352. The third-order valence-corrected chi connectivity index (χ3v) is 3.58. The van der Waals surface area contributed by atoms with Crippen molar-refractivity contribution in [2.75, 3.05) is 0 Å². The van der Waals surface area contributed by atoms with Crippen LogP contribution in [0, 0.1) is 5.92 Å². The van der Waals surface area contributed by atoms with Crippen LogP contribution in [0.4, 0.5) is 0 Å². The van der Waals surface area contributed by atoms with Crippen LogP contribution in [-0.4, -0.2) is 20.8 Å². The standard InChI is InChI=1S/C12H20N4/c1-9(6-10-2-3-10)13-7-12-15-14-8-16(12)11-4-5-11/h8-11,13H,2-7H2,1H3. The maximum atomic E-state index is 4.19. The summed E-state index contributed by atoms with van der Waals surface area (Å²) in [5, 5.41) is 11.8. The molecule has 1 atom stereocenters. The van der Waals surface area contributed by atoms with Gasteiger partial charge in [-0.1, -0.05) is 12.8 Å². The van der Waals surface area contributed by atoms with Crippen molar-refractivity contribution >= 4 is 0 Å². The first-order valence-corrected chi connectivity index (χ1v) is 6.44. The zero-order valence-corrected chi connectivity index (χ0v) is 9.89. The number of hydrogen-bond donors (Lipinski definition) is 1. The van der Waals surface area contributed by atoms with Crippen LogP contribution in [-0.2, 0) is 6.54 Å². The Hall–Kier alpha value is -0.900. The average Bonchev–Trinajstić information content (AvgIpc) is 3.18. The van der Waals surface area contributed by atoms with Crippen molar-refractivity contribution in [3.63, 3.8) is 0 Å². The SMILES string of the molecule is CC(CC1CC1)NCc1nncn1C1CC1. The van der Waals surface area contributed by atoms with E-state index in [1.165, 1.54) is 32.1 Å². The van der Waals surface area contributed by atoms with E-state index < -0.39 is 0 Å². The smallest absolute Gasteiger partial charge is 0.147 e. The number of rotatable bonds is 6. The van der Waals surface area contributed by atoms with Gasteiger partial charge in [-0.15, -0.1) is 10.2 Å². The first kappa shape index (κ1) is 10.3. The Morgan fingerprint density at radius 1 is 1.44 bits per heavy atom. The van der Waals surface area contributed by atoms with Crippen LogP contribution in [0.3, 0.4) is 0 Å². The van der Waals surface area contributed by atoms with Crippen molar-refractivity contribution < 1.29 is 0 Å². The molecule has 0 amide bonds. The van der Waals surface area contributed by atoms with E-state index in [0.29, 0.717) is 12.1 Å². The molecule has 0 radical (unpaired) electrons. The maximum absolute atomic E-state index is 4.19. The van der Waals surface area contributed by atoms with E-state index >= 15 is 0 Å². The van der Waals surface area contributed by atoms with Gasteiger partial charge in [0.05, 0.1) is 6.54 Å². The van der Waals surface area contributed by atoms with E-state index in [9.17, 15) is 0 Å². The summed E-state index contributed by atoms with van der Waals surface area (Å²) in [5.74, 6) is 2.09. The fraction of sp³-hybridized carbons (Fsp3) is 0.833. The third kappa shape index (κ3) is 2.43. The number of nitrogens with one attached hydrogen (secondary N) is 1. The van der Waals surface area contributed by atoms with Gasteiger partial charge in [-0.3, -0.25) is 0 Å². The van der Waals surface area contributed by atoms with E-state index in [1.807, 2.05) is 6.33 Å². The van der Waals surface area contributed by atoms with Crippen LogP contribution < -0.4 is 5.32 Å². The molecule has 0 aromatic carbocycles. The molecule has 1 heterocycles. The Morgan fingerprint density at radius 2 is 2.25 bits per heavy atom. The summed E-state index contributed by atoms with van der Waals surface area (Å²) in [6, 6.07) is 1.29. The lowest BCUT2D eigenvalue weighted by atomic mass is 10.1. The predicted molar refractivity (Wildman–Crippen MR) is 61.9 cm³/mol. The van der Waals surface area contributed by atoms with Crippen molar-refractivity contribution in [1.82, 2.24) is 20.1 Å². The van der Waals surface area contributed by atoms with E-state index in [2.05, 4.69) is 27.0 Å². The molecule has 0 aliphatic heterocycles. The Morgan fingerprint density at radius 3 is 2.94 bits per heavy atom. The lowest BCUT2D eigenvalue weighted by Crippen LogP contribution is -2.27. The summed E-state index contributed by atoms with van der Waals surface area (Å²) in [4.78, 5) is 0. The van der Waals surface area contributed by atoms with Gasteiger partial charge in [0.25, 0.3) is 0 Å². The maximum Gasteiger partial charge on any atom is 0.147 e. The molecular formula is C12H20N4. The van der Waals surface area contributed by atoms with Crippen LogP contribution in [0.15, 0.2) is 6.33 Å². The number of aromatic nitrogens is 3. The zero-order chi connectivity index (χ0) is 11.0. The van der Waals surface area contributed by atoms with E-state index in [-0.39, 0.29) is 0 Å². The van der Waals surface area contributed by atoms with Gasteiger partial charge in [0, 0.05) is 12.1 Å². The molecule has 16 heavy (non-hydrogen) atoms. The van der Waals surface area contributed by atoms with Crippen LogP contribution >= 0.6 is 0 Å². The zero-order valence-electron chi connectivity index (χ0n) is 9.89. The van der Waals surface area contributed by atoms with Gasteiger partial charge in [-0.2, -0.15) is 0 Å². The monoisotopic (exact) mass is 220 g/mol. The molecule has 2 aliphatic rings. The molecule has 4 nitrogen and oxygen atoms in total. The summed E-state index contributed by atoms with van der Waals surface area (Å²) in [6.07, 6.45) is 8.65. The quantitative estimate of drug-likeness (QED) is 0.796. The van der Waals surface area contributed by atoms with Crippen molar-refractivity contribution in [1.29, 1.82) is 0 Å². The molecular weight excluding hydrogens is 200 g/mol. The van der Waals surface area contributed by atoms with Gasteiger partial charge >= 0.3 is 0 Å². The number of hydrogen-bond acceptors (Lipinski definition) is 3. The minimum Gasteiger partial charge on any atom is -0.313 e. The topological polar surface area (TPSA) is 42.7 Å². The van der Waals surface area contributed by atoms with Crippen molar-refractivity contribution in [2.45, 2.75) is 57.7 Å². The molecule has 1 aromatic heterocycles. The summed E-state index contributed by atoms with van der Waals surface area (Å²) < 4.78 is 2.23. The minimum absolute atomic E-state index is 0.608. The van der Waals surface area contributed by atoms with Gasteiger partial charge in [0.1, 0.15) is 12.2 Å². The molecule has 88 valence electrons. The van der Waals surface area contributed by atoms with E-state index in [4.69, 9.17) is 0 Å². The van der Waals surface area contributed by atoms with Gasteiger partial charge in [-0.05, 0) is 32.1 Å². The normalized spacial score (nSPS) is 22.3. The summed E-state index contributed by atoms with van der Waals surface area (Å²) in [7, 11) is 0. The van der Waals surface area contributed by atoms with Crippen LogP contribution in [0.1, 0.15) is 50.9 Å². The summed E-state index contributed by atoms with van der Waals surface area (Å²) >= 11 is 0. The van der Waals surface area contributed by atoms with Gasteiger partial charge in [0.2, 0.25) is 0 Å². The minimum atomic E-state index is 0.608. The molecule has 1 N–H and O–H groups in total. The highest BCUT2D eigenvalue weighted by Gasteiger charge is 2.26. The highest BCUT2D eigenvalue weighted by atomic mass is 15.3. The van der Waals surface area contributed by atoms with Gasteiger partial charge < -0.3 is 9.88 Å². The molecule has 1 unspecified atom stereocenters. The highest BCUT2D eigenvalue weighted by molar-refractivity contribution is 4.94. The average molecular weight is 220 g/mol. The molecule has 4 heteroatoms. The predicted octanol–water partition coefficient (Wildman–Crippen LogP) is 1.89.